The summed E-state index contributed by atoms with van der Waals surface area (Å²) in [6.07, 6.45) is 0.372. The number of esters is 1. The van der Waals surface area contributed by atoms with E-state index in [1.165, 1.54) is 7.11 Å². The first kappa shape index (κ1) is 26.8. The highest BCUT2D eigenvalue weighted by atomic mass is 35.5. The number of hydrogen-bond donors (Lipinski definition) is 2. The van der Waals surface area contributed by atoms with Gasteiger partial charge in [0.1, 0.15) is 18.4 Å². The molecule has 1 atom stereocenters. The minimum Gasteiger partial charge on any atom is -0.492 e. The normalized spacial score (nSPS) is 11.3. The van der Waals surface area contributed by atoms with Gasteiger partial charge in [-0.05, 0) is 48.0 Å². The molecule has 6 nitrogen and oxygen atoms in total. The molecule has 0 aromatic heterocycles. The number of hydrogen-bond acceptors (Lipinski definition) is 6. The Hall–Kier alpha value is -4.29. The first-order valence-electron chi connectivity index (χ1n) is 12.3. The predicted molar refractivity (Wildman–Crippen MR) is 151 cm³/mol. The third-order valence-electron chi connectivity index (χ3n) is 5.91. The number of ketones is 1. The molecule has 0 aliphatic heterocycles. The highest BCUT2D eigenvalue weighted by Crippen LogP contribution is 2.22. The Morgan fingerprint density at radius 1 is 0.868 bits per heavy atom. The number of nitrogens with one attached hydrogen (secondary N) is 2. The number of ether oxygens (including phenoxy) is 2. The van der Waals surface area contributed by atoms with Gasteiger partial charge in [0.25, 0.3) is 0 Å². The number of para-hydroxylation sites is 1. The third-order valence-corrected chi connectivity index (χ3v) is 6.15. The van der Waals surface area contributed by atoms with Crippen molar-refractivity contribution < 1.29 is 19.1 Å². The van der Waals surface area contributed by atoms with Crippen molar-refractivity contribution in [3.8, 4) is 5.75 Å². The van der Waals surface area contributed by atoms with Gasteiger partial charge in [-0.15, -0.1) is 0 Å². The standard InChI is InChI=1S/C31H29ClN2O4/c1-37-31(36)29(34-28-13-6-5-12-27(28)30(35)23-8-3-2-4-9-23)20-22-14-16-26(17-15-22)38-19-18-33-25-11-7-10-24(32)21-25/h2-17,21,29,33-34H,18-20H2,1H3/t29-/m0/s1. The van der Waals surface area contributed by atoms with Crippen LogP contribution >= 0.6 is 11.6 Å². The van der Waals surface area contributed by atoms with Crippen LogP contribution in [-0.4, -0.2) is 38.1 Å². The van der Waals surface area contributed by atoms with Crippen LogP contribution in [0.5, 0.6) is 5.75 Å². The zero-order chi connectivity index (χ0) is 26.7. The summed E-state index contributed by atoms with van der Waals surface area (Å²) in [5, 5.41) is 7.17. The van der Waals surface area contributed by atoms with Crippen LogP contribution in [0.2, 0.25) is 5.02 Å². The fourth-order valence-electron chi connectivity index (χ4n) is 4.00. The van der Waals surface area contributed by atoms with Gasteiger partial charge in [0.05, 0.1) is 7.11 Å². The SMILES string of the molecule is COC(=O)[C@H](Cc1ccc(OCCNc2cccc(Cl)c2)cc1)Nc1ccccc1C(=O)c1ccccc1. The molecule has 194 valence electrons. The molecular weight excluding hydrogens is 500 g/mol. The Bertz CT molecular complexity index is 1360. The van der Waals surface area contributed by atoms with Crippen LogP contribution in [-0.2, 0) is 16.0 Å². The van der Waals surface area contributed by atoms with Crippen LogP contribution in [0.25, 0.3) is 0 Å². The van der Waals surface area contributed by atoms with Gasteiger partial charge in [-0.1, -0.05) is 72.3 Å². The van der Waals surface area contributed by atoms with Crippen LogP contribution in [0.15, 0.2) is 103 Å². The molecule has 4 rings (SSSR count). The number of carbonyl (C=O) groups is 2. The Morgan fingerprint density at radius 2 is 1.61 bits per heavy atom. The summed E-state index contributed by atoms with van der Waals surface area (Å²) in [6.45, 7) is 1.10. The van der Waals surface area contributed by atoms with E-state index in [9.17, 15) is 9.59 Å². The lowest BCUT2D eigenvalue weighted by atomic mass is 10.00. The average Bonchev–Trinajstić information content (AvgIpc) is 2.96. The number of anilines is 2. The summed E-state index contributed by atoms with van der Waals surface area (Å²) >= 11 is 6.01. The summed E-state index contributed by atoms with van der Waals surface area (Å²) in [5.41, 5.74) is 3.50. The molecule has 0 saturated heterocycles. The fraction of sp³-hybridized carbons (Fsp3) is 0.161. The average molecular weight is 529 g/mol. The van der Waals surface area contributed by atoms with Crippen LogP contribution in [0.1, 0.15) is 21.5 Å². The van der Waals surface area contributed by atoms with Crippen molar-refractivity contribution in [2.75, 3.05) is 30.9 Å². The lowest BCUT2D eigenvalue weighted by Gasteiger charge is -2.20. The molecule has 0 amide bonds. The van der Waals surface area contributed by atoms with E-state index in [1.807, 2.05) is 72.8 Å². The minimum atomic E-state index is -0.682. The van der Waals surface area contributed by atoms with Gasteiger partial charge in [-0.2, -0.15) is 0 Å². The lowest BCUT2D eigenvalue weighted by Crippen LogP contribution is -2.33. The van der Waals surface area contributed by atoms with Crippen LogP contribution in [0.4, 0.5) is 11.4 Å². The van der Waals surface area contributed by atoms with Crippen molar-refractivity contribution in [3.63, 3.8) is 0 Å². The lowest BCUT2D eigenvalue weighted by molar-refractivity contribution is -0.141. The van der Waals surface area contributed by atoms with E-state index >= 15 is 0 Å². The van der Waals surface area contributed by atoms with Crippen molar-refractivity contribution in [2.24, 2.45) is 0 Å². The van der Waals surface area contributed by atoms with Gasteiger partial charge in [-0.25, -0.2) is 4.79 Å². The van der Waals surface area contributed by atoms with E-state index in [4.69, 9.17) is 21.1 Å². The Kier molecular flexibility index (Phi) is 9.37. The summed E-state index contributed by atoms with van der Waals surface area (Å²) in [5.74, 6) is 0.186. The van der Waals surface area contributed by atoms with Crippen molar-refractivity contribution in [1.82, 2.24) is 0 Å². The van der Waals surface area contributed by atoms with Gasteiger partial charge >= 0.3 is 5.97 Å². The number of halogens is 1. The molecule has 0 aliphatic rings. The molecule has 0 unspecified atom stereocenters. The van der Waals surface area contributed by atoms with Gasteiger partial charge in [0, 0.05) is 40.5 Å². The minimum absolute atomic E-state index is 0.122. The number of benzene rings is 4. The molecule has 0 fully saturated rings. The highest BCUT2D eigenvalue weighted by Gasteiger charge is 2.22. The van der Waals surface area contributed by atoms with Gasteiger partial charge in [0.2, 0.25) is 0 Å². The molecule has 0 heterocycles. The quantitative estimate of drug-likeness (QED) is 0.128. The molecule has 0 aliphatic carbocycles. The Morgan fingerprint density at radius 3 is 2.34 bits per heavy atom. The predicted octanol–water partition coefficient (Wildman–Crippen LogP) is 6.26. The summed E-state index contributed by atoms with van der Waals surface area (Å²) < 4.78 is 10.9. The Labute approximate surface area is 227 Å². The van der Waals surface area contributed by atoms with Crippen molar-refractivity contribution in [3.05, 3.63) is 125 Å². The second-order valence-corrected chi connectivity index (χ2v) is 9.03. The van der Waals surface area contributed by atoms with Gasteiger partial charge in [0.15, 0.2) is 5.78 Å². The summed E-state index contributed by atoms with van der Waals surface area (Å²) in [6, 6.07) is 30.6. The topological polar surface area (TPSA) is 76.7 Å². The number of rotatable bonds is 12. The molecule has 4 aromatic carbocycles. The molecule has 0 spiro atoms. The van der Waals surface area contributed by atoms with E-state index in [1.54, 1.807) is 30.3 Å². The van der Waals surface area contributed by atoms with E-state index in [2.05, 4.69) is 10.6 Å². The third kappa shape index (κ3) is 7.37. The molecule has 0 radical (unpaired) electrons. The van der Waals surface area contributed by atoms with E-state index in [-0.39, 0.29) is 5.78 Å². The van der Waals surface area contributed by atoms with Crippen LogP contribution < -0.4 is 15.4 Å². The maximum atomic E-state index is 13.1. The highest BCUT2D eigenvalue weighted by molar-refractivity contribution is 6.30. The second-order valence-electron chi connectivity index (χ2n) is 8.59. The maximum absolute atomic E-state index is 13.1. The van der Waals surface area contributed by atoms with E-state index in [0.29, 0.717) is 41.4 Å². The van der Waals surface area contributed by atoms with E-state index < -0.39 is 12.0 Å². The smallest absolute Gasteiger partial charge is 0.328 e. The molecule has 4 aromatic rings. The zero-order valence-corrected chi connectivity index (χ0v) is 21.8. The van der Waals surface area contributed by atoms with Gasteiger partial charge in [-0.3, -0.25) is 4.79 Å². The van der Waals surface area contributed by atoms with Crippen LogP contribution in [0, 0.1) is 0 Å². The van der Waals surface area contributed by atoms with E-state index in [0.717, 1.165) is 17.0 Å². The first-order chi connectivity index (χ1) is 18.5. The Balaban J connectivity index is 1.38. The number of methoxy groups -OCH3 is 1. The van der Waals surface area contributed by atoms with Crippen LogP contribution in [0.3, 0.4) is 0 Å². The maximum Gasteiger partial charge on any atom is 0.328 e. The summed E-state index contributed by atoms with van der Waals surface area (Å²) in [4.78, 5) is 25.7. The van der Waals surface area contributed by atoms with Gasteiger partial charge < -0.3 is 20.1 Å². The van der Waals surface area contributed by atoms with Crippen molar-refractivity contribution in [2.45, 2.75) is 12.5 Å². The largest absolute Gasteiger partial charge is 0.492 e. The summed E-state index contributed by atoms with van der Waals surface area (Å²) in [7, 11) is 1.35. The van der Waals surface area contributed by atoms with Crippen molar-refractivity contribution in [1.29, 1.82) is 0 Å². The molecule has 0 saturated carbocycles. The molecule has 38 heavy (non-hydrogen) atoms. The fourth-order valence-corrected chi connectivity index (χ4v) is 4.19. The monoisotopic (exact) mass is 528 g/mol. The van der Waals surface area contributed by atoms with Crippen molar-refractivity contribution >= 4 is 34.7 Å². The first-order valence-corrected chi connectivity index (χ1v) is 12.7. The molecular formula is C31H29ClN2O4. The second kappa shape index (κ2) is 13.3. The zero-order valence-electron chi connectivity index (χ0n) is 21.0. The molecule has 7 heteroatoms. The number of carbonyl (C=O) groups excluding carboxylic acids is 2. The molecule has 2 N–H and O–H groups in total. The molecule has 0 bridgehead atoms.